The molecule has 14 rings (SSSR count). The summed E-state index contributed by atoms with van der Waals surface area (Å²) in [6, 6.07) is 100. The van der Waals surface area contributed by atoms with E-state index in [2.05, 4.69) is 263 Å². The lowest BCUT2D eigenvalue weighted by Gasteiger charge is -2.30. The van der Waals surface area contributed by atoms with E-state index in [1.165, 1.54) is 0 Å². The van der Waals surface area contributed by atoms with E-state index in [0.717, 1.165) is 118 Å². The van der Waals surface area contributed by atoms with Gasteiger partial charge in [-0.1, -0.05) is 279 Å². The quantitative estimate of drug-likeness (QED) is 0.120. The molecule has 8 heteroatoms. The van der Waals surface area contributed by atoms with E-state index in [9.17, 15) is 0 Å². The molecule has 0 unspecified atom stereocenters. The Bertz CT molecular complexity index is 4190. The van der Waals surface area contributed by atoms with E-state index >= 15 is 0 Å². The molecule has 1 aliphatic rings. The molecule has 10 aromatic carbocycles. The normalized spacial score (nSPS) is 12.8. The minimum Gasteiger partial charge on any atom is -0.337 e. The number of aliphatic imine (C=N–C) groups is 2. The van der Waals surface area contributed by atoms with Crippen LogP contribution in [-0.4, -0.2) is 40.9 Å². The first kappa shape index (κ1) is 47.6. The van der Waals surface area contributed by atoms with Crippen molar-refractivity contribution in [3.8, 4) is 102 Å². The van der Waals surface area contributed by atoms with Crippen LogP contribution in [-0.2, 0) is 5.79 Å². The molecule has 4 heterocycles. The van der Waals surface area contributed by atoms with Crippen LogP contribution in [0.2, 0.25) is 0 Å². The van der Waals surface area contributed by atoms with Gasteiger partial charge in [-0.05, 0) is 12.1 Å². The van der Waals surface area contributed by atoms with Crippen molar-refractivity contribution in [1.29, 1.82) is 0 Å². The van der Waals surface area contributed by atoms with Crippen molar-refractivity contribution in [1.82, 2.24) is 29.5 Å². The predicted molar refractivity (Wildman–Crippen MR) is 325 cm³/mol. The topological polar surface area (TPSA) is 99.9 Å². The molecule has 0 saturated carbocycles. The number of hydrogen-bond donors (Lipinski definition) is 2. The molecular weight excluding hydrogens is 977 g/mol. The zero-order chi connectivity index (χ0) is 53.2. The van der Waals surface area contributed by atoms with Crippen LogP contribution in [0.1, 0.15) is 16.7 Å². The fourth-order valence-electron chi connectivity index (χ4n) is 10.9. The van der Waals surface area contributed by atoms with Crippen LogP contribution in [0.15, 0.2) is 301 Å². The summed E-state index contributed by atoms with van der Waals surface area (Å²) < 4.78 is 2.28. The van der Waals surface area contributed by atoms with E-state index in [-0.39, 0.29) is 0 Å². The van der Waals surface area contributed by atoms with Gasteiger partial charge < -0.3 is 9.97 Å². The van der Waals surface area contributed by atoms with Crippen molar-refractivity contribution in [2.75, 3.05) is 0 Å². The average Bonchev–Trinajstić information content (AvgIpc) is 4.33. The molecule has 0 amide bonds. The van der Waals surface area contributed by atoms with Crippen molar-refractivity contribution in [2.45, 2.75) is 5.79 Å². The molecule has 0 saturated heterocycles. The first-order chi connectivity index (χ1) is 39.6. The summed E-state index contributed by atoms with van der Waals surface area (Å²) in [5.41, 5.74) is 18.1. The summed E-state index contributed by atoms with van der Waals surface area (Å²) in [5, 5.41) is 0. The summed E-state index contributed by atoms with van der Waals surface area (Å²) in [4.78, 5) is 36.3. The molecule has 13 aromatic rings. The number of hydrogen-bond acceptors (Lipinski definition) is 5. The summed E-state index contributed by atoms with van der Waals surface area (Å²) in [5.74, 6) is 0.603. The van der Waals surface area contributed by atoms with Gasteiger partial charge in [0.15, 0.2) is 0 Å². The van der Waals surface area contributed by atoms with Crippen LogP contribution in [0, 0.1) is 0 Å². The van der Waals surface area contributed by atoms with E-state index in [1.807, 2.05) is 42.5 Å². The Labute approximate surface area is 463 Å². The number of nitrogens with zero attached hydrogens (tertiary/aromatic N) is 6. The number of aromatic amines is 2. The van der Waals surface area contributed by atoms with Crippen molar-refractivity contribution in [3.63, 3.8) is 0 Å². The SMILES string of the molecule is c1ccc(C2=NC(c3cccc(-c4nc(-c5ccccc5)c(-c5ccccc5)[nH]4)c3)(n3c(-c4cccc(-c5nc(-c6ccccc6)c(-c6ccccc6)[nH]5)c4)nc(-c4ccccc4)c3-c3ccccc3)N=C2c2ccccc2)cc1. The summed E-state index contributed by atoms with van der Waals surface area (Å²) in [7, 11) is 0. The molecule has 1 aliphatic heterocycles. The molecule has 0 spiro atoms. The third-order valence-corrected chi connectivity index (χ3v) is 14.7. The second-order valence-corrected chi connectivity index (χ2v) is 19.7. The van der Waals surface area contributed by atoms with Gasteiger partial charge in [0.25, 0.3) is 5.79 Å². The fraction of sp³-hybridized carbons (Fsp3) is 0.0139. The highest BCUT2D eigenvalue weighted by Crippen LogP contribution is 2.48. The molecule has 0 radical (unpaired) electrons. The maximum atomic E-state index is 6.07. The Morgan fingerprint density at radius 1 is 0.275 bits per heavy atom. The van der Waals surface area contributed by atoms with Gasteiger partial charge in [0.2, 0.25) is 0 Å². The maximum absolute atomic E-state index is 6.07. The van der Waals surface area contributed by atoms with Crippen LogP contribution >= 0.6 is 0 Å². The predicted octanol–water partition coefficient (Wildman–Crippen LogP) is 17.0. The van der Waals surface area contributed by atoms with Crippen LogP contribution < -0.4 is 0 Å². The van der Waals surface area contributed by atoms with E-state index in [1.54, 1.807) is 0 Å². The first-order valence-electron chi connectivity index (χ1n) is 26.8. The average molecular weight is 1030 g/mol. The van der Waals surface area contributed by atoms with E-state index < -0.39 is 5.79 Å². The van der Waals surface area contributed by atoms with Crippen molar-refractivity contribution in [2.24, 2.45) is 9.98 Å². The summed E-state index contributed by atoms with van der Waals surface area (Å²) >= 11 is 0. The second kappa shape index (κ2) is 20.6. The third-order valence-electron chi connectivity index (χ3n) is 14.7. The Morgan fingerprint density at radius 3 is 1.05 bits per heavy atom. The van der Waals surface area contributed by atoms with E-state index in [0.29, 0.717) is 11.6 Å². The zero-order valence-electron chi connectivity index (χ0n) is 43.4. The lowest BCUT2D eigenvalue weighted by atomic mass is 10.0. The Balaban J connectivity index is 1.06. The Hall–Kier alpha value is -10.8. The van der Waals surface area contributed by atoms with Gasteiger partial charge in [-0.2, -0.15) is 0 Å². The Kier molecular flexibility index (Phi) is 12.3. The lowest BCUT2D eigenvalue weighted by molar-refractivity contribution is 0.409. The fourth-order valence-corrected chi connectivity index (χ4v) is 10.9. The van der Waals surface area contributed by atoms with Crippen molar-refractivity contribution < 1.29 is 0 Å². The minimum atomic E-state index is -1.51. The second-order valence-electron chi connectivity index (χ2n) is 19.7. The van der Waals surface area contributed by atoms with Gasteiger partial charge >= 0.3 is 0 Å². The highest BCUT2D eigenvalue weighted by atomic mass is 15.4. The number of H-pyrrole nitrogens is 2. The molecule has 3 aromatic heterocycles. The van der Waals surface area contributed by atoms with Crippen LogP contribution in [0.5, 0.6) is 0 Å². The number of imidazole rings is 3. The number of aromatic nitrogens is 6. The Morgan fingerprint density at radius 2 is 0.613 bits per heavy atom. The van der Waals surface area contributed by atoms with Crippen molar-refractivity contribution in [3.05, 3.63) is 308 Å². The standard InChI is InChI=1S/C72H50N8/c1-9-27-49(28-10-1)61-62(50-29-11-2-12-30-50)74-69(73-61)57-43-25-45-59(47-57)71-77-67(55-39-21-7-22-40-55)68(56-41-23-8-24-42-56)80(71)72(78-65(53-35-17-5-18-36-53)66(79-72)54-37-19-6-20-38-54)60-46-26-44-58(48-60)70-75-63(51-31-13-3-14-32-51)64(76-70)52-33-15-4-16-34-52/h1-48H,(H,73,74)(H,75,76). The van der Waals surface area contributed by atoms with Crippen molar-refractivity contribution >= 4 is 11.4 Å². The summed E-state index contributed by atoms with van der Waals surface area (Å²) in [6.45, 7) is 0. The molecule has 2 N–H and O–H groups in total. The van der Waals surface area contributed by atoms with Gasteiger partial charge in [-0.15, -0.1) is 0 Å². The zero-order valence-corrected chi connectivity index (χ0v) is 43.4. The monoisotopic (exact) mass is 1030 g/mol. The third kappa shape index (κ3) is 8.77. The molecule has 0 fully saturated rings. The molecular formula is C72H50N8. The van der Waals surface area contributed by atoms with Gasteiger partial charge in [-0.3, -0.25) is 4.57 Å². The maximum Gasteiger partial charge on any atom is 0.261 e. The molecule has 378 valence electrons. The lowest BCUT2D eigenvalue weighted by Crippen LogP contribution is -2.31. The molecule has 0 aliphatic carbocycles. The minimum absolute atomic E-state index is 0.665. The number of nitrogens with one attached hydrogen (secondary N) is 2. The highest BCUT2D eigenvalue weighted by Gasteiger charge is 2.45. The van der Waals surface area contributed by atoms with Gasteiger partial charge in [0.05, 0.1) is 45.6 Å². The number of benzene rings is 10. The molecule has 80 heavy (non-hydrogen) atoms. The van der Waals surface area contributed by atoms with Crippen LogP contribution in [0.25, 0.3) is 102 Å². The van der Waals surface area contributed by atoms with Crippen LogP contribution in [0.4, 0.5) is 0 Å². The molecule has 8 nitrogen and oxygen atoms in total. The van der Waals surface area contributed by atoms with Gasteiger partial charge in [0, 0.05) is 66.8 Å². The van der Waals surface area contributed by atoms with Crippen LogP contribution in [0.3, 0.4) is 0 Å². The van der Waals surface area contributed by atoms with E-state index in [4.69, 9.17) is 24.9 Å². The smallest absolute Gasteiger partial charge is 0.261 e. The summed E-state index contributed by atoms with van der Waals surface area (Å²) in [6.07, 6.45) is 0. The van der Waals surface area contributed by atoms with Gasteiger partial charge in [0.1, 0.15) is 17.5 Å². The number of rotatable bonds is 13. The largest absolute Gasteiger partial charge is 0.337 e. The van der Waals surface area contributed by atoms with Gasteiger partial charge in [-0.25, -0.2) is 24.9 Å². The molecule has 0 bridgehead atoms. The first-order valence-corrected chi connectivity index (χ1v) is 26.8. The molecule has 0 atom stereocenters. The highest BCUT2D eigenvalue weighted by molar-refractivity contribution is 6.54.